The lowest BCUT2D eigenvalue weighted by Gasteiger charge is -2.20. The molecule has 4 heteroatoms. The number of hydrogen-bond donors (Lipinski definition) is 1. The molecule has 1 aromatic carbocycles. The minimum absolute atomic E-state index is 0.224. The number of hydrogen-bond acceptors (Lipinski definition) is 4. The standard InChI is InChI=1S/C14H22N2O2/c1-15-6-3-7-16(9-8-15)11-12-4-5-14(18-2)13(17)10-12/h4-5,10,17H,3,6-9,11H2,1-2H3. The van der Waals surface area contributed by atoms with E-state index in [1.165, 1.54) is 13.0 Å². The van der Waals surface area contributed by atoms with Gasteiger partial charge in [0.2, 0.25) is 0 Å². The number of ether oxygens (including phenoxy) is 1. The second-order valence-electron chi connectivity index (χ2n) is 4.94. The van der Waals surface area contributed by atoms with E-state index in [2.05, 4.69) is 16.8 Å². The van der Waals surface area contributed by atoms with Crippen LogP contribution in [0.1, 0.15) is 12.0 Å². The maximum Gasteiger partial charge on any atom is 0.160 e. The molecule has 1 aliphatic heterocycles. The third-order valence-corrected chi connectivity index (χ3v) is 3.46. The van der Waals surface area contributed by atoms with Crippen LogP contribution in [0.5, 0.6) is 11.5 Å². The molecule has 0 bridgehead atoms. The average Bonchev–Trinajstić information content (AvgIpc) is 2.55. The normalized spacial score (nSPS) is 18.6. The van der Waals surface area contributed by atoms with Gasteiger partial charge in [0.15, 0.2) is 11.5 Å². The minimum Gasteiger partial charge on any atom is -0.504 e. The summed E-state index contributed by atoms with van der Waals surface area (Å²) in [4.78, 5) is 4.80. The highest BCUT2D eigenvalue weighted by atomic mass is 16.5. The van der Waals surface area contributed by atoms with E-state index in [1.807, 2.05) is 12.1 Å². The molecule has 0 aliphatic carbocycles. The van der Waals surface area contributed by atoms with Crippen LogP contribution >= 0.6 is 0 Å². The maximum absolute atomic E-state index is 9.77. The lowest BCUT2D eigenvalue weighted by atomic mass is 10.2. The van der Waals surface area contributed by atoms with Crippen molar-refractivity contribution in [2.45, 2.75) is 13.0 Å². The van der Waals surface area contributed by atoms with Crippen LogP contribution in [0.2, 0.25) is 0 Å². The summed E-state index contributed by atoms with van der Waals surface area (Å²) in [5.74, 6) is 0.760. The van der Waals surface area contributed by atoms with Gasteiger partial charge in [0.25, 0.3) is 0 Å². The topological polar surface area (TPSA) is 35.9 Å². The first-order chi connectivity index (χ1) is 8.69. The molecular formula is C14H22N2O2. The molecule has 0 amide bonds. The van der Waals surface area contributed by atoms with Crippen molar-refractivity contribution in [3.8, 4) is 11.5 Å². The van der Waals surface area contributed by atoms with Gasteiger partial charge >= 0.3 is 0 Å². The first-order valence-electron chi connectivity index (χ1n) is 6.46. The summed E-state index contributed by atoms with van der Waals surface area (Å²) in [6, 6.07) is 5.65. The van der Waals surface area contributed by atoms with Crippen molar-refractivity contribution in [2.24, 2.45) is 0 Å². The third-order valence-electron chi connectivity index (χ3n) is 3.46. The summed E-state index contributed by atoms with van der Waals surface area (Å²) in [5.41, 5.74) is 1.14. The number of phenolic OH excluding ortho intramolecular Hbond substituents is 1. The zero-order valence-corrected chi connectivity index (χ0v) is 11.2. The van der Waals surface area contributed by atoms with Gasteiger partial charge in [-0.05, 0) is 44.3 Å². The number of benzene rings is 1. The zero-order valence-electron chi connectivity index (χ0n) is 11.2. The van der Waals surface area contributed by atoms with Crippen LogP contribution in [0.4, 0.5) is 0 Å². The predicted octanol–water partition coefficient (Wildman–Crippen LogP) is 1.54. The lowest BCUT2D eigenvalue weighted by molar-refractivity contribution is 0.268. The molecule has 1 aromatic rings. The van der Waals surface area contributed by atoms with Crippen LogP contribution in [-0.4, -0.2) is 55.2 Å². The molecule has 100 valence electrons. The van der Waals surface area contributed by atoms with E-state index in [1.54, 1.807) is 13.2 Å². The second-order valence-corrected chi connectivity index (χ2v) is 4.94. The van der Waals surface area contributed by atoms with Gasteiger partial charge in [-0.15, -0.1) is 0 Å². The molecule has 0 atom stereocenters. The molecule has 0 spiro atoms. The van der Waals surface area contributed by atoms with Crippen molar-refractivity contribution in [1.29, 1.82) is 0 Å². The maximum atomic E-state index is 9.77. The van der Waals surface area contributed by atoms with Crippen molar-refractivity contribution < 1.29 is 9.84 Å². The molecule has 1 saturated heterocycles. The largest absolute Gasteiger partial charge is 0.504 e. The fraction of sp³-hybridized carbons (Fsp3) is 0.571. The van der Waals surface area contributed by atoms with Crippen LogP contribution in [0.3, 0.4) is 0 Å². The Morgan fingerprint density at radius 1 is 1.22 bits per heavy atom. The Bertz CT molecular complexity index is 395. The van der Waals surface area contributed by atoms with Crippen LogP contribution in [0.15, 0.2) is 18.2 Å². The first kappa shape index (κ1) is 13.2. The van der Waals surface area contributed by atoms with Crippen molar-refractivity contribution >= 4 is 0 Å². The van der Waals surface area contributed by atoms with Crippen molar-refractivity contribution in [1.82, 2.24) is 9.80 Å². The Morgan fingerprint density at radius 3 is 2.78 bits per heavy atom. The van der Waals surface area contributed by atoms with Crippen LogP contribution in [0, 0.1) is 0 Å². The van der Waals surface area contributed by atoms with E-state index in [0.29, 0.717) is 5.75 Å². The second kappa shape index (κ2) is 6.07. The van der Waals surface area contributed by atoms with Gasteiger partial charge in [0, 0.05) is 19.6 Å². The molecule has 0 radical (unpaired) electrons. The Kier molecular flexibility index (Phi) is 4.44. The molecule has 0 saturated carbocycles. The number of rotatable bonds is 3. The van der Waals surface area contributed by atoms with Gasteiger partial charge in [-0.3, -0.25) is 4.90 Å². The summed E-state index contributed by atoms with van der Waals surface area (Å²) < 4.78 is 5.05. The zero-order chi connectivity index (χ0) is 13.0. The first-order valence-corrected chi connectivity index (χ1v) is 6.46. The highest BCUT2D eigenvalue weighted by Crippen LogP contribution is 2.26. The Hall–Kier alpha value is -1.26. The number of nitrogens with zero attached hydrogens (tertiary/aromatic N) is 2. The Morgan fingerprint density at radius 2 is 2.06 bits per heavy atom. The molecule has 0 unspecified atom stereocenters. The van der Waals surface area contributed by atoms with Gasteiger partial charge in [-0.1, -0.05) is 6.07 Å². The van der Waals surface area contributed by atoms with E-state index >= 15 is 0 Å². The molecule has 1 fully saturated rings. The van der Waals surface area contributed by atoms with E-state index in [4.69, 9.17) is 4.74 Å². The third kappa shape index (κ3) is 3.37. The monoisotopic (exact) mass is 250 g/mol. The van der Waals surface area contributed by atoms with Crippen LogP contribution < -0.4 is 4.74 Å². The molecular weight excluding hydrogens is 228 g/mol. The van der Waals surface area contributed by atoms with Gasteiger partial charge < -0.3 is 14.7 Å². The molecule has 2 rings (SSSR count). The van der Waals surface area contributed by atoms with Gasteiger partial charge in [-0.25, -0.2) is 0 Å². The van der Waals surface area contributed by atoms with E-state index in [0.717, 1.165) is 31.7 Å². The SMILES string of the molecule is COc1ccc(CN2CCCN(C)CC2)cc1O. The summed E-state index contributed by atoms with van der Waals surface area (Å²) in [5, 5.41) is 9.77. The van der Waals surface area contributed by atoms with Gasteiger partial charge in [0.1, 0.15) is 0 Å². The van der Waals surface area contributed by atoms with Gasteiger partial charge in [0.05, 0.1) is 7.11 Å². The minimum atomic E-state index is 0.224. The number of likely N-dealkylation sites (N-methyl/N-ethyl adjacent to an activating group) is 1. The fourth-order valence-corrected chi connectivity index (χ4v) is 2.35. The molecule has 0 aromatic heterocycles. The summed E-state index contributed by atoms with van der Waals surface area (Å²) in [7, 11) is 3.74. The smallest absolute Gasteiger partial charge is 0.160 e. The van der Waals surface area contributed by atoms with E-state index in [9.17, 15) is 5.11 Å². The quantitative estimate of drug-likeness (QED) is 0.882. The van der Waals surface area contributed by atoms with Crippen molar-refractivity contribution in [3.63, 3.8) is 0 Å². The Labute approximate surface area is 109 Å². The molecule has 1 heterocycles. The Balaban J connectivity index is 1.98. The molecule has 4 nitrogen and oxygen atoms in total. The number of phenols is 1. The highest BCUT2D eigenvalue weighted by Gasteiger charge is 2.13. The molecule has 18 heavy (non-hydrogen) atoms. The van der Waals surface area contributed by atoms with Crippen LogP contribution in [-0.2, 0) is 6.54 Å². The number of methoxy groups -OCH3 is 1. The van der Waals surface area contributed by atoms with E-state index in [-0.39, 0.29) is 5.75 Å². The number of aromatic hydroxyl groups is 1. The molecule has 1 N–H and O–H groups in total. The summed E-state index contributed by atoms with van der Waals surface area (Å²) in [6.45, 7) is 5.39. The highest BCUT2D eigenvalue weighted by molar-refractivity contribution is 5.41. The van der Waals surface area contributed by atoms with E-state index < -0.39 is 0 Å². The van der Waals surface area contributed by atoms with Crippen LogP contribution in [0.25, 0.3) is 0 Å². The van der Waals surface area contributed by atoms with Crippen molar-refractivity contribution in [3.05, 3.63) is 23.8 Å². The molecule has 1 aliphatic rings. The fourth-order valence-electron chi connectivity index (χ4n) is 2.35. The van der Waals surface area contributed by atoms with Crippen molar-refractivity contribution in [2.75, 3.05) is 40.3 Å². The average molecular weight is 250 g/mol. The predicted molar refractivity (Wildman–Crippen MR) is 72.0 cm³/mol. The lowest BCUT2D eigenvalue weighted by Crippen LogP contribution is -2.28. The van der Waals surface area contributed by atoms with Gasteiger partial charge in [-0.2, -0.15) is 0 Å². The summed E-state index contributed by atoms with van der Waals surface area (Å²) >= 11 is 0. The summed E-state index contributed by atoms with van der Waals surface area (Å²) in [6.07, 6.45) is 1.21.